The summed E-state index contributed by atoms with van der Waals surface area (Å²) in [5.74, 6) is 0.304. The Morgan fingerprint density at radius 3 is 2.65 bits per heavy atom. The van der Waals surface area contributed by atoms with Crippen LogP contribution in [0, 0.1) is 6.92 Å². The lowest BCUT2D eigenvalue weighted by atomic mass is 10.1. The van der Waals surface area contributed by atoms with Crippen molar-refractivity contribution in [2.24, 2.45) is 0 Å². The van der Waals surface area contributed by atoms with Gasteiger partial charge in [-0.05, 0) is 25.1 Å². The van der Waals surface area contributed by atoms with Crippen molar-refractivity contribution in [1.29, 1.82) is 0 Å². The van der Waals surface area contributed by atoms with Crippen LogP contribution < -0.4 is 5.11 Å². The molecule has 6 heteroatoms. The molecule has 0 bridgehead atoms. The maximum atomic E-state index is 12.2. The Bertz CT molecular complexity index is 994. The Balaban J connectivity index is 1.87. The van der Waals surface area contributed by atoms with Gasteiger partial charge in [0.05, 0.1) is 11.7 Å². The molecule has 4 rings (SSSR count). The zero-order valence-electron chi connectivity index (χ0n) is 12.3. The highest BCUT2D eigenvalue weighted by Gasteiger charge is 2.10. The third kappa shape index (κ3) is 2.40. The van der Waals surface area contributed by atoms with Gasteiger partial charge in [0.15, 0.2) is 11.5 Å². The van der Waals surface area contributed by atoms with Crippen LogP contribution in [-0.4, -0.2) is 24.6 Å². The first kappa shape index (κ1) is 13.4. The monoisotopic (exact) mass is 302 g/mol. The maximum absolute atomic E-state index is 12.2. The molecule has 0 atom stereocenters. The zero-order valence-corrected chi connectivity index (χ0v) is 12.3. The van der Waals surface area contributed by atoms with Crippen molar-refractivity contribution in [3.05, 3.63) is 60.3 Å². The van der Waals surface area contributed by atoms with Crippen molar-refractivity contribution in [2.75, 3.05) is 0 Å². The van der Waals surface area contributed by atoms with Gasteiger partial charge in [-0.1, -0.05) is 29.8 Å². The van der Waals surface area contributed by atoms with E-state index in [0.717, 1.165) is 11.1 Å². The molecule has 4 aromatic rings. The van der Waals surface area contributed by atoms with Crippen molar-refractivity contribution in [3.63, 3.8) is 0 Å². The van der Waals surface area contributed by atoms with Crippen molar-refractivity contribution < 1.29 is 5.11 Å². The number of fused-ring (bicyclic) bond motifs is 1. The smallest absolute Gasteiger partial charge is 0.181 e. The Morgan fingerprint density at radius 2 is 1.87 bits per heavy atom. The Morgan fingerprint density at radius 1 is 0.957 bits per heavy atom. The van der Waals surface area contributed by atoms with Crippen LogP contribution in [0.2, 0.25) is 0 Å². The number of rotatable bonds is 2. The van der Waals surface area contributed by atoms with Gasteiger partial charge < -0.3 is 5.11 Å². The number of benzene rings is 1. The lowest BCUT2D eigenvalue weighted by molar-refractivity contribution is -0.284. The summed E-state index contributed by atoms with van der Waals surface area (Å²) in [6, 6.07) is 14.6. The lowest BCUT2D eigenvalue weighted by Gasteiger charge is -2.08. The third-order valence-corrected chi connectivity index (χ3v) is 3.50. The zero-order chi connectivity index (χ0) is 15.8. The van der Waals surface area contributed by atoms with Gasteiger partial charge in [0.1, 0.15) is 5.69 Å². The van der Waals surface area contributed by atoms with Crippen molar-refractivity contribution in [1.82, 2.24) is 24.6 Å². The Kier molecular flexibility index (Phi) is 3.01. The number of aromatic nitrogens is 5. The molecule has 112 valence electrons. The molecule has 1 aromatic carbocycles. The highest BCUT2D eigenvalue weighted by molar-refractivity contribution is 5.66. The second-order valence-corrected chi connectivity index (χ2v) is 5.21. The predicted octanol–water partition coefficient (Wildman–Crippen LogP) is 2.24. The second kappa shape index (κ2) is 5.17. The summed E-state index contributed by atoms with van der Waals surface area (Å²) in [6.07, 6.45) is 1.64. The minimum Gasteiger partial charge on any atom is -0.844 e. The van der Waals surface area contributed by atoms with Gasteiger partial charge in [0.25, 0.3) is 0 Å². The van der Waals surface area contributed by atoms with E-state index in [9.17, 15) is 5.11 Å². The Labute approximate surface area is 132 Å². The number of aryl methyl sites for hydroxylation is 1. The molecule has 3 aromatic heterocycles. The minimum absolute atomic E-state index is 0.304. The van der Waals surface area contributed by atoms with E-state index in [2.05, 4.69) is 20.1 Å². The molecule has 0 aliphatic carbocycles. The molecule has 0 fully saturated rings. The molecule has 0 aliphatic heterocycles. The average Bonchev–Trinajstić information content (AvgIpc) is 3.00. The van der Waals surface area contributed by atoms with E-state index in [4.69, 9.17) is 0 Å². The molecule has 0 saturated heterocycles. The summed E-state index contributed by atoms with van der Waals surface area (Å²) in [4.78, 5) is 12.5. The lowest BCUT2D eigenvalue weighted by Crippen LogP contribution is -2.07. The fraction of sp³-hybridized carbons (Fsp3) is 0.0588. The van der Waals surface area contributed by atoms with Crippen LogP contribution in [0.15, 0.2) is 54.7 Å². The molecular weight excluding hydrogens is 290 g/mol. The predicted molar refractivity (Wildman–Crippen MR) is 83.6 cm³/mol. The molecule has 3 heterocycles. The molecule has 0 amide bonds. The second-order valence-electron chi connectivity index (χ2n) is 5.21. The molecular formula is C17H12N5O-. The van der Waals surface area contributed by atoms with Crippen molar-refractivity contribution >= 4 is 5.65 Å². The first-order valence-corrected chi connectivity index (χ1v) is 7.14. The van der Waals surface area contributed by atoms with E-state index in [1.54, 1.807) is 24.4 Å². The van der Waals surface area contributed by atoms with Crippen LogP contribution in [0.5, 0.6) is 6.01 Å². The summed E-state index contributed by atoms with van der Waals surface area (Å²) >= 11 is 0. The number of hydrogen-bond acceptors (Lipinski definition) is 5. The minimum atomic E-state index is -0.463. The van der Waals surface area contributed by atoms with Gasteiger partial charge in [-0.15, -0.1) is 0 Å². The summed E-state index contributed by atoms with van der Waals surface area (Å²) < 4.78 is 1.21. The molecule has 0 unspecified atom stereocenters. The maximum Gasteiger partial charge on any atom is 0.181 e. The summed E-state index contributed by atoms with van der Waals surface area (Å²) in [5.41, 5.74) is 3.78. The van der Waals surface area contributed by atoms with Gasteiger partial charge in [0.2, 0.25) is 0 Å². The SMILES string of the molecule is Cc1cccc(-c2cc3nc(-c4ccccn4)nc([O-])n3n2)c1. The Hall–Kier alpha value is -3.28. The molecule has 0 spiro atoms. The van der Waals surface area contributed by atoms with Crippen LogP contribution in [0.25, 0.3) is 28.4 Å². The fourth-order valence-electron chi connectivity index (χ4n) is 2.42. The van der Waals surface area contributed by atoms with Crippen LogP contribution in [0.4, 0.5) is 0 Å². The topological polar surface area (TPSA) is 79.0 Å². The van der Waals surface area contributed by atoms with Crippen LogP contribution in [-0.2, 0) is 0 Å². The fourth-order valence-corrected chi connectivity index (χ4v) is 2.42. The highest BCUT2D eigenvalue weighted by atomic mass is 16.3. The summed E-state index contributed by atoms with van der Waals surface area (Å²) in [6.45, 7) is 2.01. The average molecular weight is 302 g/mol. The van der Waals surface area contributed by atoms with E-state index < -0.39 is 6.01 Å². The number of pyridine rings is 1. The standard InChI is InChI=1S/C17H13N5O/c1-11-5-4-6-12(9-11)14-10-15-19-16(13-7-2-3-8-18-13)20-17(23)22(15)21-14/h2-10H,1H3,(H,19,20,23)/p-1. The highest BCUT2D eigenvalue weighted by Crippen LogP contribution is 2.22. The van der Waals surface area contributed by atoms with Crippen molar-refractivity contribution in [2.45, 2.75) is 6.92 Å². The molecule has 0 aliphatic rings. The molecule has 0 N–H and O–H groups in total. The van der Waals surface area contributed by atoms with E-state index in [1.807, 2.05) is 37.3 Å². The largest absolute Gasteiger partial charge is 0.844 e. The molecule has 0 radical (unpaired) electrons. The third-order valence-electron chi connectivity index (χ3n) is 3.50. The number of nitrogens with zero attached hydrogens (tertiary/aromatic N) is 5. The van der Waals surface area contributed by atoms with Gasteiger partial charge in [0, 0.05) is 17.8 Å². The molecule has 0 saturated carbocycles. The molecule has 6 nitrogen and oxygen atoms in total. The number of hydrogen-bond donors (Lipinski definition) is 0. The van der Waals surface area contributed by atoms with Gasteiger partial charge in [-0.2, -0.15) is 5.10 Å². The first-order valence-electron chi connectivity index (χ1n) is 7.14. The van der Waals surface area contributed by atoms with Gasteiger partial charge >= 0.3 is 0 Å². The normalized spacial score (nSPS) is 11.0. The first-order chi connectivity index (χ1) is 11.2. The van der Waals surface area contributed by atoms with Crippen LogP contribution in [0.1, 0.15) is 5.56 Å². The summed E-state index contributed by atoms with van der Waals surface area (Å²) in [5, 5.41) is 16.5. The van der Waals surface area contributed by atoms with Gasteiger partial charge in [-0.3, -0.25) is 4.98 Å². The van der Waals surface area contributed by atoms with Gasteiger partial charge in [-0.25, -0.2) is 14.5 Å². The van der Waals surface area contributed by atoms with Crippen LogP contribution in [0.3, 0.4) is 0 Å². The van der Waals surface area contributed by atoms with Crippen LogP contribution >= 0.6 is 0 Å². The van der Waals surface area contributed by atoms with E-state index in [0.29, 0.717) is 22.9 Å². The van der Waals surface area contributed by atoms with E-state index in [-0.39, 0.29) is 0 Å². The van der Waals surface area contributed by atoms with E-state index >= 15 is 0 Å². The van der Waals surface area contributed by atoms with E-state index in [1.165, 1.54) is 4.52 Å². The summed E-state index contributed by atoms with van der Waals surface area (Å²) in [7, 11) is 0. The van der Waals surface area contributed by atoms with Crippen molar-refractivity contribution in [3.8, 4) is 28.8 Å². The molecule has 23 heavy (non-hydrogen) atoms. The quantitative estimate of drug-likeness (QED) is 0.567.